The fourth-order valence-corrected chi connectivity index (χ4v) is 5.81. The fourth-order valence-electron chi connectivity index (χ4n) is 3.85. The number of hydrogen-bond donors (Lipinski definition) is 0. The van der Waals surface area contributed by atoms with Gasteiger partial charge in [-0.15, -0.1) is 0 Å². The van der Waals surface area contributed by atoms with Gasteiger partial charge >= 0.3 is 0 Å². The Morgan fingerprint density at radius 2 is 1.73 bits per heavy atom. The topological polar surface area (TPSA) is 86.7 Å². The highest BCUT2D eigenvalue weighted by Crippen LogP contribution is 2.27. The van der Waals surface area contributed by atoms with Gasteiger partial charge in [0.25, 0.3) is 5.91 Å². The van der Waals surface area contributed by atoms with E-state index in [0.717, 1.165) is 17.3 Å². The van der Waals surface area contributed by atoms with Crippen molar-refractivity contribution in [2.24, 2.45) is 0 Å². The number of aryl methyl sites for hydroxylation is 1. The summed E-state index contributed by atoms with van der Waals surface area (Å²) in [4.78, 5) is 26.2. The summed E-state index contributed by atoms with van der Waals surface area (Å²) in [6.45, 7) is 12.6. The molecule has 2 heterocycles. The highest BCUT2D eigenvalue weighted by Gasteiger charge is 2.28. The minimum Gasteiger partial charge on any atom is -0.353 e. The highest BCUT2D eigenvalue weighted by molar-refractivity contribution is 7.89. The maximum atomic E-state index is 13.2. The predicted octanol–water partition coefficient (Wildman–Crippen LogP) is 3.55. The molecule has 0 bridgehead atoms. The number of rotatable bonds is 7. The Bertz CT molecular complexity index is 1110. The minimum atomic E-state index is -3.77. The number of nitrogens with zero attached hydrogens (tertiary/aromatic N) is 5. The molecule has 0 aliphatic carbocycles. The normalized spacial score (nSPS) is 14.9. The smallest absolute Gasteiger partial charge is 0.254 e. The Morgan fingerprint density at radius 1 is 1.09 bits per heavy atom. The number of sulfonamides is 1. The van der Waals surface area contributed by atoms with E-state index in [-0.39, 0.29) is 21.7 Å². The van der Waals surface area contributed by atoms with Gasteiger partial charge in [0.15, 0.2) is 0 Å². The number of anilines is 1. The number of hydrogen-bond acceptors (Lipinski definition) is 6. The quantitative estimate of drug-likeness (QED) is 0.586. The van der Waals surface area contributed by atoms with Crippen LogP contribution in [0.4, 0.5) is 5.82 Å². The van der Waals surface area contributed by atoms with Crippen molar-refractivity contribution in [3.63, 3.8) is 0 Å². The molecule has 3 rings (SSSR count). The van der Waals surface area contributed by atoms with Crippen LogP contribution in [-0.2, 0) is 10.0 Å². The van der Waals surface area contributed by atoms with Crippen molar-refractivity contribution in [2.45, 2.75) is 45.4 Å². The molecule has 0 N–H and O–H groups in total. The van der Waals surface area contributed by atoms with E-state index in [1.165, 1.54) is 16.4 Å². The van der Waals surface area contributed by atoms with Crippen LogP contribution in [0.25, 0.3) is 0 Å². The first-order valence-electron chi connectivity index (χ1n) is 11.3. The molecule has 1 fully saturated rings. The van der Waals surface area contributed by atoms with Crippen LogP contribution in [0.3, 0.4) is 0 Å². The van der Waals surface area contributed by atoms with Crippen molar-refractivity contribution in [3.05, 3.63) is 46.4 Å². The number of halogens is 1. The molecule has 2 aromatic rings. The van der Waals surface area contributed by atoms with E-state index in [2.05, 4.69) is 23.7 Å². The zero-order valence-electron chi connectivity index (χ0n) is 19.9. The Balaban J connectivity index is 1.77. The van der Waals surface area contributed by atoms with Gasteiger partial charge in [-0.1, -0.05) is 39.3 Å². The summed E-state index contributed by atoms with van der Waals surface area (Å²) in [5.41, 5.74) is 1.24. The van der Waals surface area contributed by atoms with E-state index >= 15 is 0 Å². The second-order valence-electron chi connectivity index (χ2n) is 8.39. The molecule has 180 valence electrons. The molecule has 8 nitrogen and oxygen atoms in total. The fraction of sp³-hybridized carbons (Fsp3) is 0.522. The van der Waals surface area contributed by atoms with Gasteiger partial charge in [-0.2, -0.15) is 4.31 Å². The largest absolute Gasteiger partial charge is 0.353 e. The monoisotopic (exact) mass is 493 g/mol. The maximum Gasteiger partial charge on any atom is 0.254 e. The molecule has 33 heavy (non-hydrogen) atoms. The Labute approximate surface area is 201 Å². The number of benzene rings is 1. The lowest BCUT2D eigenvalue weighted by Gasteiger charge is -2.35. The van der Waals surface area contributed by atoms with E-state index in [0.29, 0.717) is 44.8 Å². The van der Waals surface area contributed by atoms with Gasteiger partial charge in [-0.05, 0) is 25.1 Å². The number of carbonyl (C=O) groups excluding carboxylic acids is 1. The van der Waals surface area contributed by atoms with Gasteiger partial charge < -0.3 is 9.80 Å². The Morgan fingerprint density at radius 3 is 2.30 bits per heavy atom. The lowest BCUT2D eigenvalue weighted by molar-refractivity contribution is 0.0746. The molecule has 1 saturated heterocycles. The van der Waals surface area contributed by atoms with E-state index in [4.69, 9.17) is 16.6 Å². The first kappa shape index (κ1) is 25.4. The molecule has 1 amide bonds. The molecule has 0 radical (unpaired) electrons. The molecular formula is C23H32ClN5O3S. The van der Waals surface area contributed by atoms with Crippen LogP contribution >= 0.6 is 11.6 Å². The third-order valence-electron chi connectivity index (χ3n) is 5.77. The first-order valence-corrected chi connectivity index (χ1v) is 13.1. The minimum absolute atomic E-state index is 0.0324. The Kier molecular flexibility index (Phi) is 7.97. The van der Waals surface area contributed by atoms with Gasteiger partial charge in [0.2, 0.25) is 10.0 Å². The summed E-state index contributed by atoms with van der Waals surface area (Å²) in [6, 6.07) is 6.43. The molecule has 1 aromatic heterocycles. The zero-order chi connectivity index (χ0) is 24.3. The summed E-state index contributed by atoms with van der Waals surface area (Å²) in [6.07, 6.45) is 0. The SMILES string of the molecule is CCN(CC)S(=O)(=O)c1cc(C(=O)N2CCN(c3cc(C)nc(C(C)C)n3)CC2)ccc1Cl. The number of piperazine rings is 1. The Hall–Kier alpha value is -2.23. The molecule has 10 heteroatoms. The van der Waals surface area contributed by atoms with Crippen LogP contribution in [-0.4, -0.2) is 72.8 Å². The van der Waals surface area contributed by atoms with Crippen LogP contribution in [0.5, 0.6) is 0 Å². The second-order valence-corrected chi connectivity index (χ2v) is 10.7. The van der Waals surface area contributed by atoms with Crippen LogP contribution in [0, 0.1) is 6.92 Å². The van der Waals surface area contributed by atoms with E-state index in [1.807, 2.05) is 13.0 Å². The average molecular weight is 494 g/mol. The molecule has 0 atom stereocenters. The van der Waals surface area contributed by atoms with Gasteiger partial charge in [0.05, 0.1) is 5.02 Å². The van der Waals surface area contributed by atoms with Gasteiger partial charge in [-0.3, -0.25) is 4.79 Å². The third-order valence-corrected chi connectivity index (χ3v) is 8.30. The molecule has 1 aliphatic rings. The lowest BCUT2D eigenvalue weighted by atomic mass is 10.1. The summed E-state index contributed by atoms with van der Waals surface area (Å²) >= 11 is 6.21. The summed E-state index contributed by atoms with van der Waals surface area (Å²) in [5, 5.41) is 0.114. The van der Waals surface area contributed by atoms with Crippen molar-refractivity contribution < 1.29 is 13.2 Å². The van der Waals surface area contributed by atoms with Crippen LogP contribution in [0.1, 0.15) is 55.5 Å². The summed E-state index contributed by atoms with van der Waals surface area (Å²) < 4.78 is 27.3. The third kappa shape index (κ3) is 5.47. The standard InChI is InChI=1S/C23H32ClN5O3S/c1-6-29(7-2)33(31,32)20-15-18(8-9-19(20)24)23(30)28-12-10-27(11-13-28)21-14-17(5)25-22(26-21)16(3)4/h8-9,14-16H,6-7,10-13H2,1-5H3. The second kappa shape index (κ2) is 10.4. The highest BCUT2D eigenvalue weighted by atomic mass is 35.5. The molecule has 1 aromatic carbocycles. The molecule has 1 aliphatic heterocycles. The average Bonchev–Trinajstić information content (AvgIpc) is 2.79. The molecule has 0 saturated carbocycles. The van der Waals surface area contributed by atoms with Crippen molar-refractivity contribution in [2.75, 3.05) is 44.2 Å². The van der Waals surface area contributed by atoms with Crippen molar-refractivity contribution in [3.8, 4) is 0 Å². The van der Waals surface area contributed by atoms with Crippen molar-refractivity contribution >= 4 is 33.3 Å². The molecule has 0 spiro atoms. The summed E-state index contributed by atoms with van der Waals surface area (Å²) in [7, 11) is -3.77. The van der Waals surface area contributed by atoms with Crippen LogP contribution in [0.15, 0.2) is 29.2 Å². The van der Waals surface area contributed by atoms with E-state index in [9.17, 15) is 13.2 Å². The van der Waals surface area contributed by atoms with Crippen LogP contribution < -0.4 is 4.90 Å². The predicted molar refractivity (Wildman–Crippen MR) is 131 cm³/mol. The van der Waals surface area contributed by atoms with Crippen molar-refractivity contribution in [1.29, 1.82) is 0 Å². The number of carbonyl (C=O) groups is 1. The van der Waals surface area contributed by atoms with Crippen molar-refractivity contribution in [1.82, 2.24) is 19.2 Å². The zero-order valence-corrected chi connectivity index (χ0v) is 21.4. The molecule has 0 unspecified atom stereocenters. The number of aromatic nitrogens is 2. The van der Waals surface area contributed by atoms with Gasteiger partial charge in [0.1, 0.15) is 16.5 Å². The number of amides is 1. The molecular weight excluding hydrogens is 462 g/mol. The van der Waals surface area contributed by atoms with Gasteiger partial charge in [0, 0.05) is 62.5 Å². The van der Waals surface area contributed by atoms with E-state index < -0.39 is 10.0 Å². The van der Waals surface area contributed by atoms with E-state index in [1.54, 1.807) is 24.8 Å². The van der Waals surface area contributed by atoms with Crippen LogP contribution in [0.2, 0.25) is 5.02 Å². The first-order chi connectivity index (χ1) is 15.6. The van der Waals surface area contributed by atoms with Gasteiger partial charge in [-0.25, -0.2) is 18.4 Å². The lowest BCUT2D eigenvalue weighted by Crippen LogP contribution is -2.49. The maximum absolute atomic E-state index is 13.2. The summed E-state index contributed by atoms with van der Waals surface area (Å²) in [5.74, 6) is 1.71.